The van der Waals surface area contributed by atoms with Gasteiger partial charge in [0.1, 0.15) is 11.6 Å². The first-order valence-electron chi connectivity index (χ1n) is 14.1. The second-order valence-electron chi connectivity index (χ2n) is 10.4. The third-order valence-corrected chi connectivity index (χ3v) is 8.70. The molecule has 8 nitrogen and oxygen atoms in total. The van der Waals surface area contributed by atoms with Crippen LogP contribution in [0.1, 0.15) is 11.4 Å². The molecule has 5 aromatic carbocycles. The molecule has 0 radical (unpaired) electrons. The van der Waals surface area contributed by atoms with E-state index < -0.39 is 0 Å². The Bertz CT molecular complexity index is 2270. The van der Waals surface area contributed by atoms with E-state index in [9.17, 15) is 9.90 Å². The molecule has 0 bridgehead atoms. The molecule has 0 amide bonds. The van der Waals surface area contributed by atoms with Crippen LogP contribution in [0.5, 0.6) is 5.75 Å². The molecular formula is C35H22Cl2IN5O3. The number of aromatic hydroxyl groups is 1. The van der Waals surface area contributed by atoms with Gasteiger partial charge in [0.25, 0.3) is 5.56 Å². The van der Waals surface area contributed by atoms with Crippen LogP contribution in [0.3, 0.4) is 0 Å². The van der Waals surface area contributed by atoms with Crippen molar-refractivity contribution in [2.45, 2.75) is 6.42 Å². The van der Waals surface area contributed by atoms with E-state index in [4.69, 9.17) is 32.6 Å². The number of hydrogen-bond acceptors (Lipinski definition) is 7. The monoisotopic (exact) mass is 757 g/mol. The number of para-hydroxylation sites is 2. The van der Waals surface area contributed by atoms with Crippen LogP contribution in [0.15, 0.2) is 118 Å². The van der Waals surface area contributed by atoms with E-state index in [2.05, 4.69) is 38.1 Å². The number of nitrogens with one attached hydrogen (secondary N) is 1. The summed E-state index contributed by atoms with van der Waals surface area (Å²) >= 11 is 15.1. The lowest BCUT2D eigenvalue weighted by Gasteiger charge is -2.17. The minimum absolute atomic E-state index is 0.149. The molecule has 0 unspecified atom stereocenters. The van der Waals surface area contributed by atoms with Gasteiger partial charge in [-0.3, -0.25) is 9.36 Å². The van der Waals surface area contributed by atoms with Gasteiger partial charge in [-0.15, -0.1) is 10.2 Å². The van der Waals surface area contributed by atoms with Crippen molar-refractivity contribution in [3.05, 3.63) is 145 Å². The van der Waals surface area contributed by atoms with E-state index in [1.165, 1.54) is 0 Å². The molecule has 0 aliphatic rings. The maximum atomic E-state index is 14.1. The molecule has 0 saturated heterocycles. The second-order valence-corrected chi connectivity index (χ2v) is 12.5. The number of hydrogen-bond donors (Lipinski definition) is 2. The number of nitrogens with zero attached hydrogens (tertiary/aromatic N) is 4. The summed E-state index contributed by atoms with van der Waals surface area (Å²) in [6, 6.07) is 32.6. The van der Waals surface area contributed by atoms with Gasteiger partial charge >= 0.3 is 0 Å². The van der Waals surface area contributed by atoms with Gasteiger partial charge in [0.15, 0.2) is 0 Å². The highest BCUT2D eigenvalue weighted by molar-refractivity contribution is 14.1. The van der Waals surface area contributed by atoms with Crippen molar-refractivity contribution in [2.75, 3.05) is 5.32 Å². The van der Waals surface area contributed by atoms with Crippen molar-refractivity contribution >= 4 is 68.1 Å². The van der Waals surface area contributed by atoms with Gasteiger partial charge in [-0.05, 0) is 113 Å². The summed E-state index contributed by atoms with van der Waals surface area (Å²) in [4.78, 5) is 19.1. The molecule has 7 rings (SSSR count). The topological polar surface area (TPSA) is 106 Å². The summed E-state index contributed by atoms with van der Waals surface area (Å²) in [5, 5.41) is 22.8. The van der Waals surface area contributed by atoms with Gasteiger partial charge in [-0.1, -0.05) is 47.5 Å². The van der Waals surface area contributed by atoms with Gasteiger partial charge in [-0.25, -0.2) is 4.98 Å². The third kappa shape index (κ3) is 5.96. The largest absolute Gasteiger partial charge is 0.508 e. The van der Waals surface area contributed by atoms with E-state index in [0.717, 1.165) is 14.8 Å². The lowest BCUT2D eigenvalue weighted by molar-refractivity contribution is 0.475. The fourth-order valence-corrected chi connectivity index (χ4v) is 6.10. The van der Waals surface area contributed by atoms with Gasteiger partial charge in [0.05, 0.1) is 32.3 Å². The molecule has 11 heteroatoms. The number of phenols is 1. The fraction of sp³-hybridized carbons (Fsp3) is 0.0286. The predicted octanol–water partition coefficient (Wildman–Crippen LogP) is 9.05. The lowest BCUT2D eigenvalue weighted by Crippen LogP contribution is -2.24. The van der Waals surface area contributed by atoms with Crippen molar-refractivity contribution < 1.29 is 9.52 Å². The van der Waals surface area contributed by atoms with Crippen molar-refractivity contribution in [2.24, 2.45) is 0 Å². The van der Waals surface area contributed by atoms with E-state index in [1.807, 2.05) is 66.7 Å². The molecule has 0 aliphatic carbocycles. The zero-order valence-corrected chi connectivity index (χ0v) is 27.5. The Morgan fingerprint density at radius 3 is 2.15 bits per heavy atom. The second kappa shape index (κ2) is 12.6. The van der Waals surface area contributed by atoms with Crippen LogP contribution in [-0.4, -0.2) is 24.9 Å². The van der Waals surface area contributed by atoms with Crippen LogP contribution in [-0.2, 0) is 6.42 Å². The Labute approximate surface area is 286 Å². The Balaban J connectivity index is 1.28. The van der Waals surface area contributed by atoms with Gasteiger partial charge in [0.2, 0.25) is 11.8 Å². The van der Waals surface area contributed by atoms with E-state index in [0.29, 0.717) is 67.5 Å². The highest BCUT2D eigenvalue weighted by Gasteiger charge is 2.17. The Hall–Kier alpha value is -4.71. The summed E-state index contributed by atoms with van der Waals surface area (Å²) in [6.45, 7) is 0. The molecule has 2 N–H and O–H groups in total. The van der Waals surface area contributed by atoms with Crippen molar-refractivity contribution in [1.82, 2.24) is 19.7 Å². The lowest BCUT2D eigenvalue weighted by atomic mass is 10.1. The normalized spacial score (nSPS) is 11.2. The molecule has 2 aromatic heterocycles. The minimum atomic E-state index is -0.182. The van der Waals surface area contributed by atoms with E-state index in [-0.39, 0.29) is 11.3 Å². The van der Waals surface area contributed by atoms with Crippen LogP contribution in [0.2, 0.25) is 10.0 Å². The molecule has 2 heterocycles. The van der Waals surface area contributed by atoms with Crippen LogP contribution >= 0.6 is 45.8 Å². The van der Waals surface area contributed by atoms with E-state index >= 15 is 0 Å². The zero-order chi connectivity index (χ0) is 31.8. The Morgan fingerprint density at radius 2 is 1.46 bits per heavy atom. The molecule has 0 spiro atoms. The van der Waals surface area contributed by atoms with E-state index in [1.54, 1.807) is 47.0 Å². The van der Waals surface area contributed by atoms with Crippen LogP contribution in [0.4, 0.5) is 11.4 Å². The van der Waals surface area contributed by atoms with Crippen molar-refractivity contribution in [1.29, 1.82) is 0 Å². The van der Waals surface area contributed by atoms with Crippen LogP contribution < -0.4 is 10.9 Å². The average molecular weight is 758 g/mol. The molecule has 0 fully saturated rings. The molecule has 226 valence electrons. The van der Waals surface area contributed by atoms with Crippen molar-refractivity contribution in [3.63, 3.8) is 0 Å². The number of halogens is 3. The third-order valence-electron chi connectivity index (χ3n) is 7.40. The van der Waals surface area contributed by atoms with Crippen LogP contribution in [0, 0.1) is 3.57 Å². The molecule has 0 saturated carbocycles. The van der Waals surface area contributed by atoms with Crippen LogP contribution in [0.25, 0.3) is 39.5 Å². The van der Waals surface area contributed by atoms with Gasteiger partial charge in [-0.2, -0.15) is 0 Å². The standard InChI is InChI=1S/C35H22Cl2IN5O3/c36-27-5-3-6-28(37)32(27)40-29-7-2-1-4-22(29)18-31-39-30-17-12-23(38)19-26(30)35(45)43(31)24-13-8-20(9-14-24)33-41-42-34(46-33)21-10-15-25(44)16-11-21/h1-17,19,40,44H,18H2. The number of benzene rings is 5. The number of fused-ring (bicyclic) bond motifs is 1. The molecule has 0 atom stereocenters. The number of aromatic nitrogens is 4. The summed E-state index contributed by atoms with van der Waals surface area (Å²) in [7, 11) is 0. The molecule has 0 aliphatic heterocycles. The highest BCUT2D eigenvalue weighted by Crippen LogP contribution is 2.34. The first kappa shape index (κ1) is 30.0. The van der Waals surface area contributed by atoms with Gasteiger partial charge in [0, 0.05) is 26.8 Å². The zero-order valence-electron chi connectivity index (χ0n) is 23.8. The predicted molar refractivity (Wildman–Crippen MR) is 189 cm³/mol. The van der Waals surface area contributed by atoms with Crippen molar-refractivity contribution in [3.8, 4) is 34.3 Å². The summed E-state index contributed by atoms with van der Waals surface area (Å²) in [5.41, 5.74) is 4.72. The quantitative estimate of drug-likeness (QED) is 0.156. The smallest absolute Gasteiger partial charge is 0.266 e. The average Bonchev–Trinajstić information content (AvgIpc) is 3.55. The maximum Gasteiger partial charge on any atom is 0.266 e. The molecule has 46 heavy (non-hydrogen) atoms. The first-order chi connectivity index (χ1) is 22.3. The first-order valence-corrected chi connectivity index (χ1v) is 15.9. The summed E-state index contributed by atoms with van der Waals surface area (Å²) < 4.78 is 8.48. The minimum Gasteiger partial charge on any atom is -0.508 e. The summed E-state index contributed by atoms with van der Waals surface area (Å²) in [5.74, 6) is 1.36. The Morgan fingerprint density at radius 1 is 0.804 bits per heavy atom. The number of phenolic OH excluding ortho intramolecular Hbond substituents is 1. The molecule has 7 aromatic rings. The number of rotatable bonds is 7. The maximum absolute atomic E-state index is 14.1. The fourth-order valence-electron chi connectivity index (χ4n) is 5.12. The van der Waals surface area contributed by atoms with Gasteiger partial charge < -0.3 is 14.8 Å². The summed E-state index contributed by atoms with van der Waals surface area (Å²) in [6.07, 6.45) is 0.337. The SMILES string of the molecule is O=c1c2cc(I)ccc2nc(Cc2ccccc2Nc2c(Cl)cccc2Cl)n1-c1ccc(-c2nnc(-c3ccc(O)cc3)o2)cc1. The number of anilines is 2. The molecular weight excluding hydrogens is 736 g/mol. The Kier molecular flexibility index (Phi) is 8.20. The highest BCUT2D eigenvalue weighted by atomic mass is 127.